The van der Waals surface area contributed by atoms with E-state index in [0.717, 1.165) is 24.8 Å². The van der Waals surface area contributed by atoms with Gasteiger partial charge in [0.05, 0.1) is 0 Å². The fraction of sp³-hybridized carbons (Fsp3) is 0.429. The summed E-state index contributed by atoms with van der Waals surface area (Å²) in [6.45, 7) is 0. The average molecular weight is 231 g/mol. The van der Waals surface area contributed by atoms with Crippen LogP contribution in [0.15, 0.2) is 36.4 Å². The number of nitro groups is 1. The standard InChI is InChI=1S/C14H17NO2/c16-15(17)14(10-5-2-6-11-14)12-9-13-7-3-1-4-8-13/h1,3-4,7-9,12H,2,5-6,10-11H2/b12-9+. The minimum atomic E-state index is -0.825. The van der Waals surface area contributed by atoms with E-state index >= 15 is 0 Å². The quantitative estimate of drug-likeness (QED) is 0.588. The lowest BCUT2D eigenvalue weighted by Gasteiger charge is -2.25. The summed E-state index contributed by atoms with van der Waals surface area (Å²) in [5.74, 6) is 0. The molecule has 1 fully saturated rings. The zero-order valence-corrected chi connectivity index (χ0v) is 9.84. The van der Waals surface area contributed by atoms with Gasteiger partial charge in [-0.15, -0.1) is 0 Å². The molecule has 17 heavy (non-hydrogen) atoms. The zero-order valence-electron chi connectivity index (χ0n) is 9.84. The molecule has 0 atom stereocenters. The zero-order chi connectivity index (χ0) is 12.1. The molecule has 1 aliphatic rings. The van der Waals surface area contributed by atoms with E-state index in [0.29, 0.717) is 12.8 Å². The Labute approximate surface area is 101 Å². The molecule has 1 aromatic rings. The van der Waals surface area contributed by atoms with E-state index < -0.39 is 5.54 Å². The molecule has 0 unspecified atom stereocenters. The third-order valence-corrected chi connectivity index (χ3v) is 3.47. The molecular formula is C14H17NO2. The van der Waals surface area contributed by atoms with E-state index in [2.05, 4.69) is 0 Å². The molecular weight excluding hydrogens is 214 g/mol. The van der Waals surface area contributed by atoms with Crippen LogP contribution in [0.2, 0.25) is 0 Å². The molecule has 3 heteroatoms. The highest BCUT2D eigenvalue weighted by Crippen LogP contribution is 2.32. The summed E-state index contributed by atoms with van der Waals surface area (Å²) in [6.07, 6.45) is 8.05. The number of rotatable bonds is 3. The van der Waals surface area contributed by atoms with Crippen molar-refractivity contribution in [3.63, 3.8) is 0 Å². The molecule has 0 radical (unpaired) electrons. The summed E-state index contributed by atoms with van der Waals surface area (Å²) in [5.41, 5.74) is 0.202. The topological polar surface area (TPSA) is 43.1 Å². The van der Waals surface area contributed by atoms with Gasteiger partial charge >= 0.3 is 0 Å². The predicted octanol–water partition coefficient (Wildman–Crippen LogP) is 3.68. The first-order chi connectivity index (χ1) is 8.23. The smallest absolute Gasteiger partial charge is 0.240 e. The first-order valence-electron chi connectivity index (χ1n) is 6.12. The van der Waals surface area contributed by atoms with Crippen LogP contribution in [-0.2, 0) is 0 Å². The first kappa shape index (κ1) is 11.8. The fourth-order valence-corrected chi connectivity index (χ4v) is 2.39. The number of hydrogen-bond donors (Lipinski definition) is 0. The summed E-state index contributed by atoms with van der Waals surface area (Å²) < 4.78 is 0. The molecule has 0 aliphatic heterocycles. The monoisotopic (exact) mass is 231 g/mol. The lowest BCUT2D eigenvalue weighted by molar-refractivity contribution is -0.559. The molecule has 0 N–H and O–H groups in total. The van der Waals surface area contributed by atoms with Gasteiger partial charge in [0.1, 0.15) is 0 Å². The van der Waals surface area contributed by atoms with Crippen LogP contribution in [0.3, 0.4) is 0 Å². The summed E-state index contributed by atoms with van der Waals surface area (Å²) >= 11 is 0. The molecule has 0 aromatic heterocycles. The van der Waals surface area contributed by atoms with Crippen molar-refractivity contribution in [2.24, 2.45) is 0 Å². The van der Waals surface area contributed by atoms with E-state index in [-0.39, 0.29) is 4.92 Å². The highest BCUT2D eigenvalue weighted by atomic mass is 16.6. The first-order valence-corrected chi connectivity index (χ1v) is 6.12. The van der Waals surface area contributed by atoms with Crippen molar-refractivity contribution in [3.05, 3.63) is 52.1 Å². The number of benzene rings is 1. The SMILES string of the molecule is O=[N+]([O-])C1(/C=C/c2ccccc2)CCCCC1. The van der Waals surface area contributed by atoms with Crippen LogP contribution < -0.4 is 0 Å². The maximum absolute atomic E-state index is 11.3. The maximum Gasteiger partial charge on any atom is 0.240 e. The Bertz CT molecular complexity index is 405. The van der Waals surface area contributed by atoms with Crippen LogP contribution in [0.1, 0.15) is 37.7 Å². The number of hydrogen-bond acceptors (Lipinski definition) is 2. The van der Waals surface area contributed by atoms with Crippen molar-refractivity contribution < 1.29 is 4.92 Å². The molecule has 2 rings (SSSR count). The molecule has 0 saturated heterocycles. The van der Waals surface area contributed by atoms with Gasteiger partial charge in [-0.1, -0.05) is 42.8 Å². The second-order valence-corrected chi connectivity index (χ2v) is 4.67. The van der Waals surface area contributed by atoms with Crippen molar-refractivity contribution >= 4 is 6.08 Å². The van der Waals surface area contributed by atoms with E-state index in [1.54, 1.807) is 6.08 Å². The third-order valence-electron chi connectivity index (χ3n) is 3.47. The van der Waals surface area contributed by atoms with Gasteiger partial charge < -0.3 is 0 Å². The molecule has 3 nitrogen and oxygen atoms in total. The minimum absolute atomic E-state index is 0.106. The summed E-state index contributed by atoms with van der Waals surface area (Å²) in [6, 6.07) is 9.76. The average Bonchev–Trinajstić information content (AvgIpc) is 2.38. The van der Waals surface area contributed by atoms with Gasteiger partial charge in [-0.25, -0.2) is 0 Å². The Morgan fingerprint density at radius 2 is 1.76 bits per heavy atom. The van der Waals surface area contributed by atoms with Crippen molar-refractivity contribution in [3.8, 4) is 0 Å². The van der Waals surface area contributed by atoms with Crippen LogP contribution in [-0.4, -0.2) is 10.5 Å². The maximum atomic E-state index is 11.3. The Morgan fingerprint density at radius 3 is 2.35 bits per heavy atom. The Hall–Kier alpha value is -1.64. The second-order valence-electron chi connectivity index (χ2n) is 4.67. The Morgan fingerprint density at radius 1 is 1.12 bits per heavy atom. The Kier molecular flexibility index (Phi) is 3.57. The number of nitrogens with zero attached hydrogens (tertiary/aromatic N) is 1. The van der Waals surface area contributed by atoms with Crippen LogP contribution in [0.5, 0.6) is 0 Å². The van der Waals surface area contributed by atoms with Gasteiger partial charge in [-0.3, -0.25) is 10.1 Å². The van der Waals surface area contributed by atoms with Gasteiger partial charge in [-0.2, -0.15) is 0 Å². The van der Waals surface area contributed by atoms with E-state index in [1.165, 1.54) is 0 Å². The molecule has 0 spiro atoms. The second kappa shape index (κ2) is 5.13. The normalized spacial score (nSPS) is 19.3. The molecule has 1 saturated carbocycles. The fourth-order valence-electron chi connectivity index (χ4n) is 2.39. The molecule has 90 valence electrons. The molecule has 0 amide bonds. The lowest BCUT2D eigenvalue weighted by Crippen LogP contribution is -2.38. The minimum Gasteiger partial charge on any atom is -0.264 e. The molecule has 1 aliphatic carbocycles. The Balaban J connectivity index is 2.18. The van der Waals surface area contributed by atoms with E-state index in [9.17, 15) is 10.1 Å². The van der Waals surface area contributed by atoms with Gasteiger partial charge in [0.15, 0.2) is 0 Å². The van der Waals surface area contributed by atoms with Crippen molar-refractivity contribution in [2.75, 3.05) is 0 Å². The van der Waals surface area contributed by atoms with Crippen LogP contribution in [0.4, 0.5) is 0 Å². The van der Waals surface area contributed by atoms with Crippen molar-refractivity contribution in [1.82, 2.24) is 0 Å². The third kappa shape index (κ3) is 2.73. The van der Waals surface area contributed by atoms with Gasteiger partial charge in [0, 0.05) is 17.8 Å². The summed E-state index contributed by atoms with van der Waals surface area (Å²) in [7, 11) is 0. The largest absolute Gasteiger partial charge is 0.264 e. The summed E-state index contributed by atoms with van der Waals surface area (Å²) in [4.78, 5) is 11.1. The molecule has 0 heterocycles. The highest BCUT2D eigenvalue weighted by molar-refractivity contribution is 5.50. The lowest BCUT2D eigenvalue weighted by atomic mass is 9.82. The molecule has 1 aromatic carbocycles. The van der Waals surface area contributed by atoms with E-state index in [4.69, 9.17) is 0 Å². The highest BCUT2D eigenvalue weighted by Gasteiger charge is 2.40. The van der Waals surface area contributed by atoms with Crippen molar-refractivity contribution in [2.45, 2.75) is 37.6 Å². The van der Waals surface area contributed by atoms with Gasteiger partial charge in [0.25, 0.3) is 0 Å². The van der Waals surface area contributed by atoms with Crippen LogP contribution in [0.25, 0.3) is 6.08 Å². The predicted molar refractivity (Wildman–Crippen MR) is 68.3 cm³/mol. The van der Waals surface area contributed by atoms with Gasteiger partial charge in [0.2, 0.25) is 5.54 Å². The van der Waals surface area contributed by atoms with Crippen LogP contribution >= 0.6 is 0 Å². The van der Waals surface area contributed by atoms with Crippen LogP contribution in [0, 0.1) is 10.1 Å². The van der Waals surface area contributed by atoms with Gasteiger partial charge in [-0.05, 0) is 24.5 Å². The summed E-state index contributed by atoms with van der Waals surface area (Å²) in [5, 5.41) is 11.3. The molecule has 0 bridgehead atoms. The van der Waals surface area contributed by atoms with E-state index in [1.807, 2.05) is 36.4 Å². The van der Waals surface area contributed by atoms with Crippen molar-refractivity contribution in [1.29, 1.82) is 0 Å².